The van der Waals surface area contributed by atoms with Crippen LogP contribution in [0.4, 0.5) is 5.69 Å². The van der Waals surface area contributed by atoms with Gasteiger partial charge in [0.25, 0.3) is 0 Å². The number of hydrogen-bond donors (Lipinski definition) is 2. The fourth-order valence-electron chi connectivity index (χ4n) is 2.09. The van der Waals surface area contributed by atoms with Crippen molar-refractivity contribution in [1.29, 1.82) is 0 Å². The van der Waals surface area contributed by atoms with Gasteiger partial charge in [-0.25, -0.2) is 4.79 Å². The third-order valence-corrected chi connectivity index (χ3v) is 3.09. The monoisotopic (exact) mass is 292 g/mol. The summed E-state index contributed by atoms with van der Waals surface area (Å²) in [7, 11) is 0. The number of anilines is 1. The predicted molar refractivity (Wildman–Crippen MR) is 83.0 cm³/mol. The molecular weight excluding hydrogens is 268 g/mol. The van der Waals surface area contributed by atoms with Crippen molar-refractivity contribution >= 4 is 17.6 Å². The number of nitrogens with one attached hydrogen (secondary N) is 1. The number of carbonyl (C=O) groups excluding carboxylic acids is 2. The van der Waals surface area contributed by atoms with Crippen molar-refractivity contribution < 1.29 is 14.3 Å². The van der Waals surface area contributed by atoms with Gasteiger partial charge < -0.3 is 15.8 Å². The molecule has 0 saturated carbocycles. The minimum absolute atomic E-state index is 0.164. The fraction of sp³-hybridized carbons (Fsp3) is 0.500. The van der Waals surface area contributed by atoms with Crippen LogP contribution in [0.2, 0.25) is 0 Å². The normalized spacial score (nSPS) is 12.0. The molecule has 0 radical (unpaired) electrons. The molecule has 116 valence electrons. The van der Waals surface area contributed by atoms with Gasteiger partial charge in [-0.1, -0.05) is 26.0 Å². The highest BCUT2D eigenvalue weighted by atomic mass is 16.5. The number of para-hydroxylation sites is 1. The van der Waals surface area contributed by atoms with Crippen LogP contribution in [-0.4, -0.2) is 25.0 Å². The molecule has 3 N–H and O–H groups in total. The molecule has 1 aromatic carbocycles. The minimum atomic E-state index is -0.443. The van der Waals surface area contributed by atoms with E-state index in [2.05, 4.69) is 5.32 Å². The highest BCUT2D eigenvalue weighted by Crippen LogP contribution is 2.19. The first-order valence-electron chi connectivity index (χ1n) is 7.26. The summed E-state index contributed by atoms with van der Waals surface area (Å²) in [5.74, 6) is -0.491. The van der Waals surface area contributed by atoms with Gasteiger partial charge in [0.15, 0.2) is 0 Å². The van der Waals surface area contributed by atoms with Crippen LogP contribution in [0.3, 0.4) is 0 Å². The Morgan fingerprint density at radius 1 is 1.29 bits per heavy atom. The second-order valence-corrected chi connectivity index (χ2v) is 5.32. The lowest BCUT2D eigenvalue weighted by atomic mass is 9.96. The molecule has 0 fully saturated rings. The second kappa shape index (κ2) is 8.42. The van der Waals surface area contributed by atoms with Crippen molar-refractivity contribution in [2.24, 2.45) is 17.6 Å². The first kappa shape index (κ1) is 17.2. The average molecular weight is 292 g/mol. The first-order chi connectivity index (χ1) is 9.99. The van der Waals surface area contributed by atoms with E-state index in [4.69, 9.17) is 10.5 Å². The van der Waals surface area contributed by atoms with Crippen LogP contribution in [0.5, 0.6) is 0 Å². The van der Waals surface area contributed by atoms with E-state index in [-0.39, 0.29) is 18.4 Å². The minimum Gasteiger partial charge on any atom is -0.462 e. The Kier molecular flexibility index (Phi) is 6.88. The topological polar surface area (TPSA) is 81.4 Å². The van der Waals surface area contributed by atoms with Crippen molar-refractivity contribution in [2.75, 3.05) is 18.5 Å². The summed E-state index contributed by atoms with van der Waals surface area (Å²) < 4.78 is 4.99. The van der Waals surface area contributed by atoms with Gasteiger partial charge in [-0.3, -0.25) is 4.79 Å². The molecule has 0 aliphatic rings. The van der Waals surface area contributed by atoms with Crippen LogP contribution < -0.4 is 11.1 Å². The molecule has 5 nitrogen and oxygen atoms in total. The highest BCUT2D eigenvalue weighted by Gasteiger charge is 2.20. The molecule has 0 aromatic heterocycles. The summed E-state index contributed by atoms with van der Waals surface area (Å²) in [6, 6.07) is 6.81. The van der Waals surface area contributed by atoms with E-state index < -0.39 is 5.97 Å². The maximum Gasteiger partial charge on any atom is 0.340 e. The zero-order chi connectivity index (χ0) is 15.8. The van der Waals surface area contributed by atoms with E-state index in [0.29, 0.717) is 30.2 Å². The maximum absolute atomic E-state index is 12.3. The van der Waals surface area contributed by atoms with Crippen molar-refractivity contribution in [2.45, 2.75) is 27.2 Å². The molecule has 1 aromatic rings. The third-order valence-electron chi connectivity index (χ3n) is 3.09. The molecule has 0 aliphatic heterocycles. The van der Waals surface area contributed by atoms with E-state index in [1.54, 1.807) is 31.2 Å². The number of nitrogens with two attached hydrogens (primary N) is 1. The maximum atomic E-state index is 12.3. The van der Waals surface area contributed by atoms with E-state index >= 15 is 0 Å². The Balaban J connectivity index is 2.87. The van der Waals surface area contributed by atoms with Crippen molar-refractivity contribution in [3.8, 4) is 0 Å². The third kappa shape index (κ3) is 5.19. The Morgan fingerprint density at radius 3 is 2.52 bits per heavy atom. The summed E-state index contributed by atoms with van der Waals surface area (Å²) in [5, 5.41) is 2.79. The molecule has 0 heterocycles. The summed E-state index contributed by atoms with van der Waals surface area (Å²) in [6.45, 7) is 6.41. The number of benzene rings is 1. The average Bonchev–Trinajstić information content (AvgIpc) is 2.45. The summed E-state index contributed by atoms with van der Waals surface area (Å²) >= 11 is 0. The standard InChI is InChI=1S/C16H24N2O3/c1-4-21-16(20)13-7-5-6-8-14(13)18-15(19)12(10-17)9-11(2)3/h5-8,11-12H,4,9-10,17H2,1-3H3,(H,18,19). The van der Waals surface area contributed by atoms with Gasteiger partial charge in [0.1, 0.15) is 0 Å². The molecule has 21 heavy (non-hydrogen) atoms. The van der Waals surface area contributed by atoms with Crippen LogP contribution in [0.25, 0.3) is 0 Å². The van der Waals surface area contributed by atoms with Gasteiger partial charge in [-0.15, -0.1) is 0 Å². The van der Waals surface area contributed by atoms with Gasteiger partial charge in [0.2, 0.25) is 5.91 Å². The van der Waals surface area contributed by atoms with Gasteiger partial charge >= 0.3 is 5.97 Å². The number of rotatable bonds is 7. The molecule has 5 heteroatoms. The van der Waals surface area contributed by atoms with Crippen LogP contribution in [0, 0.1) is 11.8 Å². The molecule has 1 rings (SSSR count). The quantitative estimate of drug-likeness (QED) is 0.756. The molecule has 0 spiro atoms. The smallest absolute Gasteiger partial charge is 0.340 e. The van der Waals surface area contributed by atoms with E-state index in [1.807, 2.05) is 13.8 Å². The Hall–Kier alpha value is -1.88. The van der Waals surface area contributed by atoms with Gasteiger partial charge in [0.05, 0.1) is 23.8 Å². The number of amides is 1. The lowest BCUT2D eigenvalue weighted by Crippen LogP contribution is -2.31. The zero-order valence-electron chi connectivity index (χ0n) is 12.9. The number of hydrogen-bond acceptors (Lipinski definition) is 4. The number of ether oxygens (including phenoxy) is 1. The Bertz CT molecular complexity index is 486. The summed E-state index contributed by atoms with van der Waals surface area (Å²) in [6.07, 6.45) is 0.712. The lowest BCUT2D eigenvalue weighted by molar-refractivity contribution is -0.120. The summed E-state index contributed by atoms with van der Waals surface area (Å²) in [5.41, 5.74) is 6.48. The lowest BCUT2D eigenvalue weighted by Gasteiger charge is -2.18. The van der Waals surface area contributed by atoms with Gasteiger partial charge in [0, 0.05) is 6.54 Å². The van der Waals surface area contributed by atoms with Crippen LogP contribution in [-0.2, 0) is 9.53 Å². The van der Waals surface area contributed by atoms with Crippen LogP contribution in [0.15, 0.2) is 24.3 Å². The van der Waals surface area contributed by atoms with Gasteiger partial charge in [-0.05, 0) is 31.4 Å². The van der Waals surface area contributed by atoms with Crippen LogP contribution in [0.1, 0.15) is 37.6 Å². The zero-order valence-corrected chi connectivity index (χ0v) is 12.9. The van der Waals surface area contributed by atoms with E-state index in [0.717, 1.165) is 0 Å². The molecule has 1 unspecified atom stereocenters. The Labute approximate surface area is 125 Å². The fourth-order valence-corrected chi connectivity index (χ4v) is 2.09. The predicted octanol–water partition coefficient (Wildman–Crippen LogP) is 2.42. The molecule has 1 amide bonds. The molecule has 1 atom stereocenters. The van der Waals surface area contributed by atoms with Gasteiger partial charge in [-0.2, -0.15) is 0 Å². The van der Waals surface area contributed by atoms with E-state index in [1.165, 1.54) is 0 Å². The molecule has 0 aliphatic carbocycles. The van der Waals surface area contributed by atoms with Crippen LogP contribution >= 0.6 is 0 Å². The molecule has 0 saturated heterocycles. The first-order valence-corrected chi connectivity index (χ1v) is 7.26. The van der Waals surface area contributed by atoms with Crippen molar-refractivity contribution in [3.05, 3.63) is 29.8 Å². The number of carbonyl (C=O) groups is 2. The largest absolute Gasteiger partial charge is 0.462 e. The molecular formula is C16H24N2O3. The molecule has 0 bridgehead atoms. The highest BCUT2D eigenvalue weighted by molar-refractivity contribution is 6.01. The van der Waals surface area contributed by atoms with E-state index in [9.17, 15) is 9.59 Å². The SMILES string of the molecule is CCOC(=O)c1ccccc1NC(=O)C(CN)CC(C)C. The van der Waals surface area contributed by atoms with Crippen molar-refractivity contribution in [1.82, 2.24) is 0 Å². The summed E-state index contributed by atoms with van der Waals surface area (Å²) in [4.78, 5) is 24.1. The second-order valence-electron chi connectivity index (χ2n) is 5.32. The van der Waals surface area contributed by atoms with Crippen molar-refractivity contribution in [3.63, 3.8) is 0 Å². The Morgan fingerprint density at radius 2 is 1.95 bits per heavy atom. The number of esters is 1.